The molecule has 1 spiro atoms. The molecule has 49 heavy (non-hydrogen) atoms. The molecule has 0 radical (unpaired) electrons. The molecule has 258 valence electrons. The third-order valence-corrected chi connectivity index (χ3v) is 11.9. The normalized spacial score (nSPS) is 27.0. The van der Waals surface area contributed by atoms with Gasteiger partial charge in [0.15, 0.2) is 5.82 Å². The van der Waals surface area contributed by atoms with Gasteiger partial charge in [-0.25, -0.2) is 13.2 Å². The van der Waals surface area contributed by atoms with Gasteiger partial charge in [-0.05, 0) is 74.7 Å². The Morgan fingerprint density at radius 1 is 1.16 bits per heavy atom. The van der Waals surface area contributed by atoms with Gasteiger partial charge in [-0.2, -0.15) is 28.4 Å². The molecule has 2 aromatic heterocycles. The summed E-state index contributed by atoms with van der Waals surface area (Å²) in [5, 5.41) is 12.5. The summed E-state index contributed by atoms with van der Waals surface area (Å²) in [4.78, 5) is 10.7. The van der Waals surface area contributed by atoms with Crippen molar-refractivity contribution < 1.29 is 35.8 Å². The predicted octanol–water partition coefficient (Wildman–Crippen LogP) is 7.13. The Balaban J connectivity index is 1.30. The van der Waals surface area contributed by atoms with E-state index in [1.165, 1.54) is 0 Å². The lowest BCUT2D eigenvalue weighted by Crippen LogP contribution is -2.43. The summed E-state index contributed by atoms with van der Waals surface area (Å²) in [7, 11) is 0. The van der Waals surface area contributed by atoms with E-state index in [1.54, 1.807) is 0 Å². The van der Waals surface area contributed by atoms with Crippen LogP contribution in [0.15, 0.2) is 18.2 Å². The van der Waals surface area contributed by atoms with Gasteiger partial charge in [-0.15, -0.1) is 11.3 Å². The molecule has 4 atom stereocenters. The monoisotopic (exact) mass is 702 g/mol. The summed E-state index contributed by atoms with van der Waals surface area (Å²) in [6, 6.07) is 4.19. The number of halogens is 6. The van der Waals surface area contributed by atoms with Gasteiger partial charge in [0.2, 0.25) is 5.88 Å². The summed E-state index contributed by atoms with van der Waals surface area (Å²) < 4.78 is 103. The number of ether oxygens (including phenoxy) is 2. The number of nitrogens with one attached hydrogen (secondary N) is 1. The molecule has 1 aliphatic carbocycles. The van der Waals surface area contributed by atoms with Crippen molar-refractivity contribution in [1.29, 1.82) is 5.26 Å². The van der Waals surface area contributed by atoms with Crippen LogP contribution in [0.25, 0.3) is 32.1 Å². The number of nitriles is 1. The second-order valence-corrected chi connectivity index (χ2v) is 14.9. The third kappa shape index (κ3) is 5.34. The molecule has 0 bridgehead atoms. The van der Waals surface area contributed by atoms with Gasteiger partial charge >= 0.3 is 12.2 Å². The number of hydrogen-bond acceptors (Lipinski definition) is 9. The van der Waals surface area contributed by atoms with Gasteiger partial charge in [0.05, 0.1) is 26.8 Å². The van der Waals surface area contributed by atoms with Crippen LogP contribution in [-0.4, -0.2) is 65.5 Å². The van der Waals surface area contributed by atoms with E-state index in [1.807, 2.05) is 11.0 Å². The number of fused-ring (bicyclic) bond motifs is 3. The van der Waals surface area contributed by atoms with E-state index in [9.17, 15) is 27.2 Å². The molecule has 0 amide bonds. The molecule has 4 aliphatic rings. The standard InChI is InChI=1S/C34H32F6N6O2S/c35-17-11-33(5-1-9-46(33)14-17)16-47-31-44-27-20(30(45-31)48-18-4-6-32(12-18)7-8-43-15-32)10-22(34(38,39)40)25(26(27)37)19-2-3-23(36)28-24(19)21(13-41)29(42)49-28/h2-3,10,17-18,43H,1,4-9,11-12,14-16,42H2/t17-,18?,32?,33+/m1/s1. The molecule has 5 heterocycles. The molecular weight excluding hydrogens is 670 g/mol. The predicted molar refractivity (Wildman–Crippen MR) is 171 cm³/mol. The molecule has 1 saturated carbocycles. The SMILES string of the molecule is N#Cc1c(N)sc2c(F)ccc(-c3c(C(F)(F)F)cc4c(OC5CCC6(CCNC6)C5)nc(OC[C@@]56CCCN5C[C@H](F)C6)nc4c3F)c12. The molecule has 3 N–H and O–H groups in total. The number of nitrogens with zero attached hydrogens (tertiary/aromatic N) is 4. The lowest BCUT2D eigenvalue weighted by Gasteiger charge is -2.30. The minimum absolute atomic E-state index is 0.00395. The summed E-state index contributed by atoms with van der Waals surface area (Å²) in [5.74, 6) is -2.42. The van der Waals surface area contributed by atoms with Gasteiger partial charge in [-0.3, -0.25) is 4.90 Å². The van der Waals surface area contributed by atoms with Crippen LogP contribution in [0, 0.1) is 28.4 Å². The van der Waals surface area contributed by atoms with Crippen molar-refractivity contribution in [3.05, 3.63) is 41.0 Å². The van der Waals surface area contributed by atoms with E-state index in [2.05, 4.69) is 15.3 Å². The van der Waals surface area contributed by atoms with Crippen LogP contribution in [0.3, 0.4) is 0 Å². The van der Waals surface area contributed by atoms with Gasteiger partial charge in [0, 0.05) is 30.5 Å². The highest BCUT2D eigenvalue weighted by Gasteiger charge is 2.50. The molecular formula is C34H32F6N6O2S. The second kappa shape index (κ2) is 11.6. The lowest BCUT2D eigenvalue weighted by atomic mass is 9.85. The number of benzene rings is 2. The smallest absolute Gasteiger partial charge is 0.417 e. The molecule has 3 aliphatic heterocycles. The minimum Gasteiger partial charge on any atom is -0.474 e. The first kappa shape index (κ1) is 32.3. The highest BCUT2D eigenvalue weighted by Crippen LogP contribution is 2.49. The zero-order valence-electron chi connectivity index (χ0n) is 26.2. The van der Waals surface area contributed by atoms with Gasteiger partial charge in [-0.1, -0.05) is 6.07 Å². The Morgan fingerprint density at radius 2 is 2.00 bits per heavy atom. The maximum atomic E-state index is 17.0. The third-order valence-electron chi connectivity index (χ3n) is 10.9. The molecule has 8 rings (SSSR count). The van der Waals surface area contributed by atoms with Crippen LogP contribution in [-0.2, 0) is 6.18 Å². The second-order valence-electron chi connectivity index (χ2n) is 13.8. The first-order valence-corrected chi connectivity index (χ1v) is 17.1. The van der Waals surface area contributed by atoms with Gasteiger partial charge in [0.25, 0.3) is 0 Å². The molecule has 4 fully saturated rings. The average molecular weight is 703 g/mol. The quantitative estimate of drug-likeness (QED) is 0.205. The van der Waals surface area contributed by atoms with E-state index in [4.69, 9.17) is 15.2 Å². The van der Waals surface area contributed by atoms with E-state index in [-0.39, 0.29) is 68.5 Å². The minimum atomic E-state index is -5.09. The summed E-state index contributed by atoms with van der Waals surface area (Å²) in [6.45, 7) is 2.65. The average Bonchev–Trinajstić information content (AvgIpc) is 3.87. The molecule has 2 unspecified atom stereocenters. The zero-order chi connectivity index (χ0) is 34.3. The zero-order valence-corrected chi connectivity index (χ0v) is 27.0. The van der Waals surface area contributed by atoms with Crippen molar-refractivity contribution in [2.24, 2.45) is 5.41 Å². The topological polar surface area (TPSA) is 109 Å². The van der Waals surface area contributed by atoms with E-state index in [0.717, 1.165) is 50.6 Å². The number of rotatable bonds is 6. The van der Waals surface area contributed by atoms with Crippen LogP contribution in [0.2, 0.25) is 0 Å². The highest BCUT2D eigenvalue weighted by molar-refractivity contribution is 7.23. The number of thiophene rings is 1. The largest absolute Gasteiger partial charge is 0.474 e. The number of nitrogens with two attached hydrogens (primary N) is 1. The van der Waals surface area contributed by atoms with Crippen molar-refractivity contribution in [2.75, 3.05) is 38.5 Å². The van der Waals surface area contributed by atoms with Crippen LogP contribution in [0.5, 0.6) is 11.9 Å². The highest BCUT2D eigenvalue weighted by atomic mass is 32.1. The Hall–Kier alpha value is -3.87. The fraction of sp³-hybridized carbons (Fsp3) is 0.500. The first-order chi connectivity index (χ1) is 23.4. The maximum Gasteiger partial charge on any atom is 0.417 e. The van der Waals surface area contributed by atoms with Gasteiger partial charge in [0.1, 0.15) is 41.3 Å². The van der Waals surface area contributed by atoms with E-state index < -0.39 is 52.3 Å². The molecule has 4 aromatic rings. The van der Waals surface area contributed by atoms with Crippen LogP contribution in [0.1, 0.15) is 56.1 Å². The van der Waals surface area contributed by atoms with Crippen LogP contribution >= 0.6 is 11.3 Å². The van der Waals surface area contributed by atoms with Gasteiger partial charge < -0.3 is 20.5 Å². The van der Waals surface area contributed by atoms with Crippen molar-refractivity contribution in [3.8, 4) is 29.1 Å². The number of aromatic nitrogens is 2. The molecule has 3 saturated heterocycles. The fourth-order valence-corrected chi connectivity index (χ4v) is 9.52. The maximum absolute atomic E-state index is 17.0. The number of alkyl halides is 4. The Kier molecular flexibility index (Phi) is 7.66. The van der Waals surface area contributed by atoms with Crippen molar-refractivity contribution >= 4 is 37.3 Å². The fourth-order valence-electron chi connectivity index (χ4n) is 8.57. The van der Waals surface area contributed by atoms with Crippen molar-refractivity contribution in [1.82, 2.24) is 20.2 Å². The van der Waals surface area contributed by atoms with Crippen LogP contribution in [0.4, 0.5) is 31.3 Å². The number of anilines is 1. The number of nitrogen functional groups attached to an aromatic ring is 1. The summed E-state index contributed by atoms with van der Waals surface area (Å²) in [5.41, 5.74) is 1.98. The van der Waals surface area contributed by atoms with Crippen molar-refractivity contribution in [3.63, 3.8) is 0 Å². The Bertz CT molecular complexity index is 2020. The Labute approximate surface area is 281 Å². The molecule has 8 nitrogen and oxygen atoms in total. The van der Waals surface area contributed by atoms with E-state index in [0.29, 0.717) is 37.1 Å². The lowest BCUT2D eigenvalue weighted by molar-refractivity contribution is -0.137. The number of hydrogen-bond donors (Lipinski definition) is 2. The van der Waals surface area contributed by atoms with E-state index >= 15 is 4.39 Å². The summed E-state index contributed by atoms with van der Waals surface area (Å²) >= 11 is 0.694. The Morgan fingerprint density at radius 3 is 2.76 bits per heavy atom. The molecule has 15 heteroatoms. The molecule has 2 aromatic carbocycles. The van der Waals surface area contributed by atoms with Crippen LogP contribution < -0.4 is 20.5 Å². The van der Waals surface area contributed by atoms with Crippen molar-refractivity contribution in [2.45, 2.75) is 68.9 Å². The summed E-state index contributed by atoms with van der Waals surface area (Å²) in [6.07, 6.45) is -1.64. The first-order valence-electron chi connectivity index (χ1n) is 16.3.